The summed E-state index contributed by atoms with van der Waals surface area (Å²) in [5.41, 5.74) is 2.35. The van der Waals surface area contributed by atoms with E-state index in [0.717, 1.165) is 11.4 Å². The summed E-state index contributed by atoms with van der Waals surface area (Å²) in [5, 5.41) is 14.6. The van der Waals surface area contributed by atoms with Crippen LogP contribution in [0.4, 0.5) is 0 Å². The van der Waals surface area contributed by atoms with Crippen LogP contribution in [0.15, 0.2) is 35.4 Å². The van der Waals surface area contributed by atoms with Crippen LogP contribution in [0.25, 0.3) is 5.69 Å². The molecule has 112 valence electrons. The number of rotatable bonds is 3. The molecule has 9 heteroatoms. The second kappa shape index (κ2) is 5.99. The Morgan fingerprint density at radius 3 is 2.45 bits per heavy atom. The zero-order chi connectivity index (χ0) is 15.7. The lowest BCUT2D eigenvalue weighted by molar-refractivity contribution is 0.848. The maximum atomic E-state index is 6.42. The van der Waals surface area contributed by atoms with Gasteiger partial charge >= 0.3 is 0 Å². The summed E-state index contributed by atoms with van der Waals surface area (Å²) in [7, 11) is 0. The van der Waals surface area contributed by atoms with Crippen LogP contribution in [0.1, 0.15) is 11.3 Å². The summed E-state index contributed by atoms with van der Waals surface area (Å²) in [5.74, 6) is 0. The standard InChI is InChI=1S/C13H11ClN6S2/c1-8-10(7-15-20-12(21)16-17-13(20)22)11(14)19(18-8)9-5-3-2-4-6-9/h2-7H,1H3,(H,16,21)(H,17,22)/b15-7+. The second-order valence-corrected chi connectivity index (χ2v) is 5.59. The van der Waals surface area contributed by atoms with Crippen molar-refractivity contribution in [2.24, 2.45) is 5.10 Å². The van der Waals surface area contributed by atoms with Crippen molar-refractivity contribution in [1.29, 1.82) is 0 Å². The number of para-hydroxylation sites is 1. The minimum atomic E-state index is 0.380. The zero-order valence-corrected chi connectivity index (χ0v) is 13.8. The molecule has 0 aliphatic heterocycles. The van der Waals surface area contributed by atoms with E-state index in [1.54, 1.807) is 10.9 Å². The minimum Gasteiger partial charge on any atom is -0.273 e. The van der Waals surface area contributed by atoms with Crippen LogP contribution in [0.3, 0.4) is 0 Å². The number of hydrogen-bond acceptors (Lipinski definition) is 4. The third-order valence-electron chi connectivity index (χ3n) is 3.01. The Hall–Kier alpha value is -2.03. The van der Waals surface area contributed by atoms with E-state index in [2.05, 4.69) is 20.4 Å². The maximum absolute atomic E-state index is 6.42. The van der Waals surface area contributed by atoms with Gasteiger partial charge in [-0.05, 0) is 43.5 Å². The molecule has 0 unspecified atom stereocenters. The molecule has 0 aliphatic rings. The lowest BCUT2D eigenvalue weighted by Crippen LogP contribution is -1.96. The Morgan fingerprint density at radius 2 is 1.82 bits per heavy atom. The third kappa shape index (κ3) is 2.68. The van der Waals surface area contributed by atoms with E-state index in [-0.39, 0.29) is 0 Å². The summed E-state index contributed by atoms with van der Waals surface area (Å²) in [6.07, 6.45) is 1.59. The molecule has 2 heterocycles. The number of benzene rings is 1. The van der Waals surface area contributed by atoms with Crippen molar-refractivity contribution in [3.8, 4) is 5.69 Å². The number of aryl methyl sites for hydroxylation is 1. The number of aromatic amines is 2. The van der Waals surface area contributed by atoms with Gasteiger partial charge in [0.05, 0.1) is 23.2 Å². The quantitative estimate of drug-likeness (QED) is 0.560. The minimum absolute atomic E-state index is 0.380. The van der Waals surface area contributed by atoms with Gasteiger partial charge in [-0.3, -0.25) is 10.2 Å². The molecule has 0 fully saturated rings. The second-order valence-electron chi connectivity index (χ2n) is 4.45. The molecular weight excluding hydrogens is 340 g/mol. The van der Waals surface area contributed by atoms with Crippen LogP contribution in [0.5, 0.6) is 0 Å². The third-order valence-corrected chi connectivity index (χ3v) is 3.93. The molecule has 0 atom stereocenters. The van der Waals surface area contributed by atoms with Crippen molar-refractivity contribution in [2.75, 3.05) is 0 Å². The molecule has 0 amide bonds. The molecule has 0 saturated heterocycles. The van der Waals surface area contributed by atoms with E-state index in [1.165, 1.54) is 4.68 Å². The topological polar surface area (TPSA) is 66.7 Å². The molecule has 3 rings (SSSR count). The molecule has 2 aromatic heterocycles. The van der Waals surface area contributed by atoms with Gasteiger partial charge in [0.25, 0.3) is 0 Å². The molecule has 0 aliphatic carbocycles. The number of halogens is 1. The molecular formula is C13H11ClN6S2. The summed E-state index contributed by atoms with van der Waals surface area (Å²) in [6.45, 7) is 1.86. The number of nitrogens with one attached hydrogen (secondary N) is 2. The van der Waals surface area contributed by atoms with Crippen LogP contribution in [-0.4, -0.2) is 30.9 Å². The SMILES string of the molecule is Cc1nn(-c2ccccc2)c(Cl)c1/C=N/n1c(=S)[nH][nH]c1=S. The lowest BCUT2D eigenvalue weighted by Gasteiger charge is -2.01. The Balaban J connectivity index is 2.05. The molecule has 0 saturated carbocycles. The van der Waals surface area contributed by atoms with Crippen LogP contribution in [0.2, 0.25) is 5.15 Å². The Labute approximate surface area is 141 Å². The van der Waals surface area contributed by atoms with Crippen molar-refractivity contribution >= 4 is 42.3 Å². The Kier molecular flexibility index (Phi) is 4.06. The van der Waals surface area contributed by atoms with Gasteiger partial charge in [0, 0.05) is 0 Å². The van der Waals surface area contributed by atoms with Gasteiger partial charge in [-0.25, -0.2) is 4.68 Å². The van der Waals surface area contributed by atoms with E-state index in [9.17, 15) is 0 Å². The Morgan fingerprint density at radius 1 is 1.18 bits per heavy atom. The predicted molar refractivity (Wildman–Crippen MR) is 91.1 cm³/mol. The van der Waals surface area contributed by atoms with Crippen molar-refractivity contribution in [3.63, 3.8) is 0 Å². The number of aromatic nitrogens is 5. The number of nitrogens with zero attached hydrogens (tertiary/aromatic N) is 4. The smallest absolute Gasteiger partial charge is 0.215 e. The van der Waals surface area contributed by atoms with Gasteiger partial charge in [-0.1, -0.05) is 29.8 Å². The summed E-state index contributed by atoms with van der Waals surface area (Å²) < 4.78 is 3.83. The van der Waals surface area contributed by atoms with E-state index in [4.69, 9.17) is 36.0 Å². The molecule has 22 heavy (non-hydrogen) atoms. The fourth-order valence-electron chi connectivity index (χ4n) is 1.92. The first-order chi connectivity index (χ1) is 10.6. The average Bonchev–Trinajstić information content (AvgIpc) is 2.99. The van der Waals surface area contributed by atoms with Crippen LogP contribution >= 0.6 is 36.0 Å². The molecule has 0 bridgehead atoms. The fourth-order valence-corrected chi connectivity index (χ4v) is 2.68. The highest BCUT2D eigenvalue weighted by atomic mass is 35.5. The van der Waals surface area contributed by atoms with Crippen molar-refractivity contribution in [2.45, 2.75) is 6.92 Å². The van der Waals surface area contributed by atoms with Gasteiger partial charge in [-0.2, -0.15) is 14.9 Å². The van der Waals surface area contributed by atoms with Gasteiger partial charge in [-0.15, -0.1) is 0 Å². The van der Waals surface area contributed by atoms with Crippen molar-refractivity contribution in [1.82, 2.24) is 24.7 Å². The first-order valence-corrected chi connectivity index (χ1v) is 7.52. The van der Waals surface area contributed by atoms with Crippen LogP contribution in [-0.2, 0) is 0 Å². The molecule has 1 aromatic carbocycles. The molecule has 0 spiro atoms. The highest BCUT2D eigenvalue weighted by Gasteiger charge is 2.13. The van der Waals surface area contributed by atoms with Gasteiger partial charge < -0.3 is 0 Å². The first kappa shape index (κ1) is 14.9. The van der Waals surface area contributed by atoms with Crippen molar-refractivity contribution in [3.05, 3.63) is 56.3 Å². The van der Waals surface area contributed by atoms with Crippen LogP contribution in [0, 0.1) is 16.5 Å². The van der Waals surface area contributed by atoms with Crippen LogP contribution < -0.4 is 0 Å². The van der Waals surface area contributed by atoms with Gasteiger partial charge in [0.1, 0.15) is 5.15 Å². The van der Waals surface area contributed by atoms with E-state index >= 15 is 0 Å². The number of hydrogen-bond donors (Lipinski definition) is 2. The molecule has 3 aromatic rings. The van der Waals surface area contributed by atoms with E-state index in [1.807, 2.05) is 37.3 Å². The molecule has 6 nitrogen and oxygen atoms in total. The first-order valence-electron chi connectivity index (χ1n) is 6.32. The molecule has 0 radical (unpaired) electrons. The highest BCUT2D eigenvalue weighted by Crippen LogP contribution is 2.21. The number of H-pyrrole nitrogens is 2. The summed E-state index contributed by atoms with van der Waals surface area (Å²) >= 11 is 16.6. The van der Waals surface area contributed by atoms with Crippen molar-refractivity contribution < 1.29 is 0 Å². The normalized spacial score (nSPS) is 11.4. The van der Waals surface area contributed by atoms with Gasteiger partial charge in [0.2, 0.25) is 9.54 Å². The zero-order valence-electron chi connectivity index (χ0n) is 11.4. The maximum Gasteiger partial charge on any atom is 0.215 e. The fraction of sp³-hybridized carbons (Fsp3) is 0.0769. The Bertz CT molecular complexity index is 920. The average molecular weight is 351 g/mol. The predicted octanol–water partition coefficient (Wildman–Crippen LogP) is 3.63. The lowest BCUT2D eigenvalue weighted by atomic mass is 10.3. The monoisotopic (exact) mass is 350 g/mol. The van der Waals surface area contributed by atoms with E-state index < -0.39 is 0 Å². The largest absolute Gasteiger partial charge is 0.273 e. The molecule has 2 N–H and O–H groups in total. The highest BCUT2D eigenvalue weighted by molar-refractivity contribution is 7.72. The summed E-state index contributed by atoms with van der Waals surface area (Å²) in [4.78, 5) is 0. The summed E-state index contributed by atoms with van der Waals surface area (Å²) in [6, 6.07) is 9.64. The van der Waals surface area contributed by atoms with Gasteiger partial charge in [0.15, 0.2) is 0 Å². The van der Waals surface area contributed by atoms with E-state index in [0.29, 0.717) is 20.3 Å².